The Morgan fingerprint density at radius 1 is 1.06 bits per heavy atom. The summed E-state index contributed by atoms with van der Waals surface area (Å²) in [5, 5.41) is 4.39. The Balaban J connectivity index is 1.29. The second-order valence-corrected chi connectivity index (χ2v) is 7.98. The van der Waals surface area contributed by atoms with Crippen LogP contribution in [0.5, 0.6) is 5.75 Å². The zero-order valence-corrected chi connectivity index (χ0v) is 17.9. The molecule has 1 aromatic heterocycles. The monoisotopic (exact) mass is 422 g/mol. The normalized spacial score (nSPS) is 14.6. The van der Waals surface area contributed by atoms with Crippen molar-refractivity contribution in [1.82, 2.24) is 19.6 Å². The summed E-state index contributed by atoms with van der Waals surface area (Å²) in [6, 6.07) is 14.4. The summed E-state index contributed by atoms with van der Waals surface area (Å²) < 4.78 is 20.8. The Morgan fingerprint density at radius 3 is 2.61 bits per heavy atom. The Hall–Kier alpha value is -3.19. The number of nitrogens with zero attached hydrogens (tertiary/aromatic N) is 4. The Kier molecular flexibility index (Phi) is 6.32. The third-order valence-corrected chi connectivity index (χ3v) is 5.50. The maximum absolute atomic E-state index is 13.4. The Bertz CT molecular complexity index is 1060. The quantitative estimate of drug-likeness (QED) is 0.609. The number of rotatable bonds is 6. The molecular weight excluding hydrogens is 395 g/mol. The van der Waals surface area contributed by atoms with E-state index in [1.165, 1.54) is 11.6 Å². The van der Waals surface area contributed by atoms with Crippen molar-refractivity contribution in [2.75, 3.05) is 26.2 Å². The van der Waals surface area contributed by atoms with E-state index >= 15 is 0 Å². The van der Waals surface area contributed by atoms with Crippen LogP contribution in [-0.2, 0) is 13.3 Å². The molecule has 0 saturated carbocycles. The summed E-state index contributed by atoms with van der Waals surface area (Å²) in [4.78, 5) is 16.9. The summed E-state index contributed by atoms with van der Waals surface area (Å²) in [6.07, 6.45) is 1.76. The summed E-state index contributed by atoms with van der Waals surface area (Å²) in [5.41, 5.74) is 3.62. The highest BCUT2D eigenvalue weighted by molar-refractivity contribution is 5.92. The lowest BCUT2D eigenvalue weighted by Crippen LogP contribution is -2.48. The smallest absolute Gasteiger partial charge is 0.274 e. The second-order valence-electron chi connectivity index (χ2n) is 7.98. The highest BCUT2D eigenvalue weighted by Gasteiger charge is 2.23. The van der Waals surface area contributed by atoms with Crippen LogP contribution in [0.15, 0.2) is 54.7 Å². The zero-order chi connectivity index (χ0) is 21.8. The molecule has 0 aliphatic carbocycles. The van der Waals surface area contributed by atoms with E-state index in [0.717, 1.165) is 30.0 Å². The number of aromatic nitrogens is 2. The molecule has 6 nitrogen and oxygen atoms in total. The summed E-state index contributed by atoms with van der Waals surface area (Å²) >= 11 is 0. The average Bonchev–Trinajstić information content (AvgIpc) is 3.22. The molecule has 0 bridgehead atoms. The van der Waals surface area contributed by atoms with E-state index in [9.17, 15) is 9.18 Å². The number of ether oxygens (including phenoxy) is 1. The van der Waals surface area contributed by atoms with Crippen LogP contribution in [-0.4, -0.2) is 51.7 Å². The fourth-order valence-electron chi connectivity index (χ4n) is 3.81. The molecule has 0 spiro atoms. The van der Waals surface area contributed by atoms with Gasteiger partial charge >= 0.3 is 0 Å². The van der Waals surface area contributed by atoms with Gasteiger partial charge in [-0.25, -0.2) is 9.07 Å². The predicted molar refractivity (Wildman–Crippen MR) is 116 cm³/mol. The molecule has 0 unspecified atom stereocenters. The van der Waals surface area contributed by atoms with Gasteiger partial charge in [-0.2, -0.15) is 5.10 Å². The van der Waals surface area contributed by atoms with Crippen LogP contribution in [0.25, 0.3) is 0 Å². The maximum atomic E-state index is 13.4. The first-order valence-electron chi connectivity index (χ1n) is 10.5. The fourth-order valence-corrected chi connectivity index (χ4v) is 3.81. The van der Waals surface area contributed by atoms with Crippen molar-refractivity contribution in [1.29, 1.82) is 0 Å². The minimum absolute atomic E-state index is 0.0735. The van der Waals surface area contributed by atoms with E-state index in [0.29, 0.717) is 25.3 Å². The minimum atomic E-state index is -0.219. The van der Waals surface area contributed by atoms with Gasteiger partial charge in [-0.1, -0.05) is 29.8 Å². The van der Waals surface area contributed by atoms with Gasteiger partial charge in [0.15, 0.2) is 12.4 Å². The molecule has 1 fully saturated rings. The lowest BCUT2D eigenvalue weighted by atomic mass is 10.1. The largest absolute Gasteiger partial charge is 0.471 e. The molecule has 1 saturated heterocycles. The van der Waals surface area contributed by atoms with Crippen molar-refractivity contribution in [3.05, 3.63) is 82.9 Å². The van der Waals surface area contributed by atoms with Crippen molar-refractivity contribution < 1.29 is 13.9 Å². The van der Waals surface area contributed by atoms with E-state index in [2.05, 4.69) is 16.1 Å². The fraction of sp³-hybridized carbons (Fsp3) is 0.333. The third-order valence-electron chi connectivity index (χ3n) is 5.50. The second kappa shape index (κ2) is 9.31. The average molecular weight is 423 g/mol. The van der Waals surface area contributed by atoms with E-state index in [4.69, 9.17) is 4.74 Å². The highest BCUT2D eigenvalue weighted by atomic mass is 19.1. The molecule has 31 heavy (non-hydrogen) atoms. The van der Waals surface area contributed by atoms with Gasteiger partial charge in [0.05, 0.1) is 0 Å². The van der Waals surface area contributed by atoms with Crippen molar-refractivity contribution in [3.8, 4) is 5.75 Å². The summed E-state index contributed by atoms with van der Waals surface area (Å²) in [5.74, 6) is 0.516. The van der Waals surface area contributed by atoms with Gasteiger partial charge in [-0.3, -0.25) is 9.69 Å². The van der Waals surface area contributed by atoms with E-state index < -0.39 is 0 Å². The molecule has 162 valence electrons. The van der Waals surface area contributed by atoms with E-state index in [1.54, 1.807) is 29.1 Å². The van der Waals surface area contributed by atoms with Crippen molar-refractivity contribution in [2.24, 2.45) is 0 Å². The number of hydrogen-bond donors (Lipinski definition) is 0. The van der Waals surface area contributed by atoms with E-state index in [1.807, 2.05) is 36.9 Å². The maximum Gasteiger partial charge on any atom is 0.274 e. The predicted octanol–water partition coefficient (Wildman–Crippen LogP) is 3.63. The lowest BCUT2D eigenvalue weighted by Gasteiger charge is -2.34. The van der Waals surface area contributed by atoms with Crippen LogP contribution in [0, 0.1) is 19.7 Å². The van der Waals surface area contributed by atoms with Gasteiger partial charge in [0.25, 0.3) is 5.91 Å². The first kappa shape index (κ1) is 21.1. The molecule has 3 aromatic rings. The van der Waals surface area contributed by atoms with Gasteiger partial charge < -0.3 is 9.64 Å². The van der Waals surface area contributed by atoms with Crippen molar-refractivity contribution in [2.45, 2.75) is 27.1 Å². The van der Waals surface area contributed by atoms with Gasteiger partial charge in [0.1, 0.15) is 11.6 Å². The highest BCUT2D eigenvalue weighted by Crippen LogP contribution is 2.19. The van der Waals surface area contributed by atoms with Crippen LogP contribution < -0.4 is 4.74 Å². The van der Waals surface area contributed by atoms with E-state index in [-0.39, 0.29) is 18.5 Å². The number of carbonyl (C=O) groups is 1. The first-order valence-corrected chi connectivity index (χ1v) is 10.5. The topological polar surface area (TPSA) is 50.6 Å². The SMILES string of the molecule is Cc1ccc(OCn2ccc(C(=O)N3CCN(Cc4cccc(F)c4)CC3)n2)c(C)c1. The minimum Gasteiger partial charge on any atom is -0.471 e. The molecule has 1 amide bonds. The van der Waals surface area contributed by atoms with Crippen LogP contribution in [0.4, 0.5) is 4.39 Å². The van der Waals surface area contributed by atoms with Gasteiger partial charge in [-0.05, 0) is 49.2 Å². The molecule has 7 heteroatoms. The molecule has 4 rings (SSSR count). The molecular formula is C24H27FN4O2. The number of aryl methyl sites for hydroxylation is 2. The number of amides is 1. The third kappa shape index (κ3) is 5.30. The van der Waals surface area contributed by atoms with Crippen LogP contribution in [0.1, 0.15) is 27.2 Å². The van der Waals surface area contributed by atoms with Crippen LogP contribution >= 0.6 is 0 Å². The molecule has 0 radical (unpaired) electrons. The number of halogens is 1. The number of hydrogen-bond acceptors (Lipinski definition) is 4. The van der Waals surface area contributed by atoms with Gasteiger partial charge in [-0.15, -0.1) is 0 Å². The van der Waals surface area contributed by atoms with Gasteiger partial charge in [0.2, 0.25) is 0 Å². The number of benzene rings is 2. The number of carbonyl (C=O) groups excluding carboxylic acids is 1. The van der Waals surface area contributed by atoms with Gasteiger partial charge in [0, 0.05) is 38.9 Å². The molecule has 0 atom stereocenters. The summed E-state index contributed by atoms with van der Waals surface area (Å²) in [7, 11) is 0. The summed E-state index contributed by atoms with van der Waals surface area (Å²) in [6.45, 7) is 7.73. The first-order chi connectivity index (χ1) is 15.0. The van der Waals surface area contributed by atoms with Crippen LogP contribution in [0.3, 0.4) is 0 Å². The van der Waals surface area contributed by atoms with Crippen molar-refractivity contribution >= 4 is 5.91 Å². The molecule has 2 heterocycles. The standard InChI is InChI=1S/C24H27FN4O2/c1-18-6-7-23(19(2)14-18)31-17-29-9-8-22(26-29)24(30)28-12-10-27(11-13-28)16-20-4-3-5-21(25)15-20/h3-9,14-15H,10-13,16-17H2,1-2H3. The lowest BCUT2D eigenvalue weighted by molar-refractivity contribution is 0.0620. The molecule has 2 aromatic carbocycles. The Labute approximate surface area is 181 Å². The van der Waals surface area contributed by atoms with Crippen LogP contribution in [0.2, 0.25) is 0 Å². The molecule has 1 aliphatic rings. The zero-order valence-electron chi connectivity index (χ0n) is 17.9. The molecule has 1 aliphatic heterocycles. The van der Waals surface area contributed by atoms with Crippen molar-refractivity contribution in [3.63, 3.8) is 0 Å². The number of piperazine rings is 1. The Morgan fingerprint density at radius 2 is 1.87 bits per heavy atom. The molecule has 0 N–H and O–H groups in total.